The lowest BCUT2D eigenvalue weighted by Crippen LogP contribution is -1.97. The van der Waals surface area contributed by atoms with Crippen LogP contribution in [-0.4, -0.2) is 0 Å². The Bertz CT molecular complexity index is 3060. The molecule has 0 aromatic heterocycles. The van der Waals surface area contributed by atoms with Gasteiger partial charge in [0.1, 0.15) is 11.5 Å². The first-order chi connectivity index (χ1) is 25.7. The molecule has 0 unspecified atom stereocenters. The fraction of sp³-hybridized carbons (Fsp3) is 0. The third-order valence-corrected chi connectivity index (χ3v) is 5.89. The summed E-state index contributed by atoms with van der Waals surface area (Å²) in [6.45, 7) is 0. The zero-order chi connectivity index (χ0) is 40.3. The highest BCUT2D eigenvalue weighted by Gasteiger charge is 2.21. The van der Waals surface area contributed by atoms with Gasteiger partial charge < -0.3 is 4.74 Å². The second kappa shape index (κ2) is 6.94. The Kier molecular flexibility index (Phi) is 1.58. The molecule has 1 aliphatic heterocycles. The maximum Gasteiger partial charge on any atom is 0.135 e. The van der Waals surface area contributed by atoms with Crippen molar-refractivity contribution < 1.29 is 32.2 Å². The monoisotopic (exact) mass is 464 g/mol. The molecule has 0 bridgehead atoms. The molecule has 1 heteroatoms. The number of benzene rings is 7. The minimum absolute atomic E-state index is 0.268. The lowest BCUT2D eigenvalue weighted by Gasteiger charge is -2.22. The van der Waals surface area contributed by atoms with Gasteiger partial charge in [0.25, 0.3) is 0 Å². The van der Waals surface area contributed by atoms with Gasteiger partial charge in [-0.05, 0) is 78.6 Å². The van der Waals surface area contributed by atoms with E-state index in [4.69, 9.17) is 26.7 Å². The predicted octanol–water partition coefficient (Wildman–Crippen LogP) is 9.74. The minimum Gasteiger partial charge on any atom is -0.456 e. The van der Waals surface area contributed by atoms with Crippen molar-refractivity contribution in [3.05, 3.63) is 121 Å². The van der Waals surface area contributed by atoms with Gasteiger partial charge in [0.2, 0.25) is 0 Å². The molecule has 0 amide bonds. The molecule has 1 nitrogen and oxygen atoms in total. The zero-order valence-corrected chi connectivity index (χ0v) is 17.4. The summed E-state index contributed by atoms with van der Waals surface area (Å²) in [5, 5.41) is -3.57. The van der Waals surface area contributed by atoms with Crippen molar-refractivity contribution in [3.8, 4) is 33.8 Å². The van der Waals surface area contributed by atoms with Gasteiger partial charge in [-0.15, -0.1) is 0 Å². The fourth-order valence-electron chi connectivity index (χ4n) is 4.39. The zero-order valence-electron chi connectivity index (χ0n) is 37.4. The van der Waals surface area contributed by atoms with Gasteiger partial charge in [0, 0.05) is 10.9 Å². The maximum atomic E-state index is 9.65. The highest BCUT2D eigenvalue weighted by atomic mass is 16.5. The van der Waals surface area contributed by atoms with Crippen LogP contribution in [0.4, 0.5) is 0 Å². The van der Waals surface area contributed by atoms with Gasteiger partial charge in [-0.25, -0.2) is 0 Å². The molecule has 162 valence electrons. The molecular formula is C34H20O. The average molecular weight is 465 g/mol. The smallest absolute Gasteiger partial charge is 0.135 e. The first-order valence-corrected chi connectivity index (χ1v) is 10.4. The van der Waals surface area contributed by atoms with E-state index in [0.29, 0.717) is 0 Å². The van der Waals surface area contributed by atoms with Crippen LogP contribution in [0.15, 0.2) is 121 Å². The molecule has 1 aliphatic rings. The number of rotatable bonds is 1. The van der Waals surface area contributed by atoms with Gasteiger partial charge in [0.05, 0.1) is 27.4 Å². The summed E-state index contributed by atoms with van der Waals surface area (Å²) < 4.78 is 182. The summed E-state index contributed by atoms with van der Waals surface area (Å²) in [7, 11) is 0. The summed E-state index contributed by atoms with van der Waals surface area (Å²) in [5.41, 5.74) is -1.99. The van der Waals surface area contributed by atoms with Gasteiger partial charge in [-0.3, -0.25) is 0 Å². The summed E-state index contributed by atoms with van der Waals surface area (Å²) in [6.07, 6.45) is 0. The SMILES string of the molecule is [2H]c1c([2H])c(-c2c3c([2H])c([2H])c([2H])c([2H])c3c([2H])c3c2c([2H])c([2H])c2c([2H])c([2H])c([2H])c([2H])c23)c([2H])c2c1Oc1c([2H])c([2H])c([2H])c3c([2H])c([2H])c([2H])c-2c13. The first kappa shape index (κ1) is 7.96. The number of fused-ring (bicyclic) bond motifs is 6. The first-order valence-electron chi connectivity index (χ1n) is 20.4. The highest BCUT2D eigenvalue weighted by molar-refractivity contribution is 6.20. The van der Waals surface area contributed by atoms with Crippen molar-refractivity contribution in [2.75, 3.05) is 0 Å². The average Bonchev–Trinajstić information content (AvgIpc) is 3.15. The minimum atomic E-state index is -0.860. The lowest BCUT2D eigenvalue weighted by molar-refractivity contribution is 0.487. The highest BCUT2D eigenvalue weighted by Crippen LogP contribution is 2.48. The Morgan fingerprint density at radius 1 is 0.457 bits per heavy atom. The molecule has 0 saturated heterocycles. The second-order valence-electron chi connectivity index (χ2n) is 7.76. The van der Waals surface area contributed by atoms with Crippen LogP contribution in [0.5, 0.6) is 11.5 Å². The van der Waals surface area contributed by atoms with E-state index in [-0.39, 0.29) is 16.3 Å². The van der Waals surface area contributed by atoms with Gasteiger partial charge in [-0.2, -0.15) is 0 Å². The van der Waals surface area contributed by atoms with E-state index in [1.807, 2.05) is 0 Å². The molecule has 1 heterocycles. The van der Waals surface area contributed by atoms with E-state index in [1.165, 1.54) is 0 Å². The molecule has 0 fully saturated rings. The van der Waals surface area contributed by atoms with Crippen molar-refractivity contribution in [1.29, 1.82) is 0 Å². The van der Waals surface area contributed by atoms with Crippen molar-refractivity contribution in [3.63, 3.8) is 0 Å². The van der Waals surface area contributed by atoms with Crippen LogP contribution in [0.3, 0.4) is 0 Å². The summed E-state index contributed by atoms with van der Waals surface area (Å²) in [4.78, 5) is 0. The Morgan fingerprint density at radius 3 is 2.14 bits per heavy atom. The van der Waals surface area contributed by atoms with Gasteiger partial charge in [-0.1, -0.05) is 96.7 Å². The molecule has 7 aromatic rings. The molecule has 0 atom stereocenters. The van der Waals surface area contributed by atoms with E-state index in [0.717, 1.165) is 0 Å². The van der Waals surface area contributed by atoms with Crippen LogP contribution in [0.2, 0.25) is 0 Å². The second-order valence-corrected chi connectivity index (χ2v) is 7.76. The molecular weight excluding hydrogens is 424 g/mol. The van der Waals surface area contributed by atoms with Crippen LogP contribution in [0.25, 0.3) is 65.3 Å². The molecule has 0 N–H and O–H groups in total. The topological polar surface area (TPSA) is 9.23 Å². The molecule has 8 rings (SSSR count). The Hall–Kier alpha value is -4.62. The van der Waals surface area contributed by atoms with Gasteiger partial charge >= 0.3 is 0 Å². The maximum absolute atomic E-state index is 9.65. The number of hydrogen-bond donors (Lipinski definition) is 0. The fourth-order valence-corrected chi connectivity index (χ4v) is 4.39. The summed E-state index contributed by atoms with van der Waals surface area (Å²) in [5.74, 6) is -1.04. The van der Waals surface area contributed by atoms with E-state index in [9.17, 15) is 5.48 Å². The van der Waals surface area contributed by atoms with E-state index in [2.05, 4.69) is 0 Å². The standard InChI is InChI=1S/C34H20O/c1-3-11-25-21(7-1)15-17-28-29(25)19-23-8-2-4-12-26(23)33(28)24-16-18-31-30(20-24)27-13-5-9-22-10-6-14-32(35-31)34(22)27/h1-20H/i1D,2D,3D,4D,5D,6D,7D,8D,9D,10D,11D,12D,13D,14D,15D,16D,17D,18D,19D,20D. The number of hydrogen-bond acceptors (Lipinski definition) is 1. The molecule has 0 saturated carbocycles. The Morgan fingerprint density at radius 2 is 1.23 bits per heavy atom. The van der Waals surface area contributed by atoms with Crippen molar-refractivity contribution in [2.24, 2.45) is 0 Å². The third kappa shape index (κ3) is 2.64. The molecule has 0 radical (unpaired) electrons. The van der Waals surface area contributed by atoms with Crippen LogP contribution >= 0.6 is 0 Å². The molecule has 0 spiro atoms. The normalized spacial score (nSPS) is 20.2. The van der Waals surface area contributed by atoms with E-state index >= 15 is 0 Å². The van der Waals surface area contributed by atoms with Crippen LogP contribution < -0.4 is 4.74 Å². The van der Waals surface area contributed by atoms with E-state index < -0.39 is 181 Å². The largest absolute Gasteiger partial charge is 0.456 e. The van der Waals surface area contributed by atoms with Crippen LogP contribution in [0, 0.1) is 0 Å². The predicted molar refractivity (Wildman–Crippen MR) is 147 cm³/mol. The molecule has 0 aliphatic carbocycles. The lowest BCUT2D eigenvalue weighted by atomic mass is 9.87. The molecule has 35 heavy (non-hydrogen) atoms. The van der Waals surface area contributed by atoms with Crippen molar-refractivity contribution >= 4 is 43.1 Å². The quantitative estimate of drug-likeness (QED) is 0.173. The summed E-state index contributed by atoms with van der Waals surface area (Å²) in [6, 6.07) is -15.0. The van der Waals surface area contributed by atoms with Crippen molar-refractivity contribution in [1.82, 2.24) is 0 Å². The Labute approximate surface area is 230 Å². The van der Waals surface area contributed by atoms with Crippen LogP contribution in [0.1, 0.15) is 27.4 Å². The Balaban J connectivity index is 1.72. The third-order valence-electron chi connectivity index (χ3n) is 5.89. The summed E-state index contributed by atoms with van der Waals surface area (Å²) >= 11 is 0. The molecule has 7 aromatic carbocycles. The number of ether oxygens (including phenoxy) is 1. The van der Waals surface area contributed by atoms with E-state index in [1.54, 1.807) is 0 Å². The van der Waals surface area contributed by atoms with Crippen molar-refractivity contribution in [2.45, 2.75) is 0 Å². The van der Waals surface area contributed by atoms with Gasteiger partial charge in [0.15, 0.2) is 0 Å². The van der Waals surface area contributed by atoms with Crippen LogP contribution in [-0.2, 0) is 0 Å².